The van der Waals surface area contributed by atoms with E-state index in [1.54, 1.807) is 19.7 Å². The Morgan fingerprint density at radius 1 is 1.17 bits per heavy atom. The van der Waals surface area contributed by atoms with E-state index >= 15 is 0 Å². The molecule has 0 bridgehead atoms. The summed E-state index contributed by atoms with van der Waals surface area (Å²) in [5.74, 6) is 3.44. The number of benzene rings is 1. The van der Waals surface area contributed by atoms with Crippen molar-refractivity contribution < 1.29 is 9.15 Å². The van der Waals surface area contributed by atoms with Crippen LogP contribution < -0.4 is 15.4 Å². The number of hydrogen-bond acceptors (Lipinski definition) is 5. The molecule has 3 rings (SSSR count). The average Bonchev–Trinajstić information content (AvgIpc) is 3.43. The standard InChI is InChI=1S/C21H28N6O2.HI/c1-3-20-26-25-16-27(20)13-12-23-21(24-15-18-8-6-14-29-18)22-11-10-17-7-4-5-9-19(17)28-2;/h4-9,14,16H,3,10-13,15H2,1-2H3,(H2,22,23,24);1H. The maximum atomic E-state index is 5.43. The minimum absolute atomic E-state index is 0. The van der Waals surface area contributed by atoms with Gasteiger partial charge in [0, 0.05) is 26.1 Å². The number of nitrogens with zero attached hydrogens (tertiary/aromatic N) is 4. The average molecular weight is 524 g/mol. The number of methoxy groups -OCH3 is 1. The van der Waals surface area contributed by atoms with Crippen LogP contribution in [-0.2, 0) is 25.9 Å². The lowest BCUT2D eigenvalue weighted by molar-refractivity contribution is 0.409. The van der Waals surface area contributed by atoms with Crippen LogP contribution in [0.2, 0.25) is 0 Å². The van der Waals surface area contributed by atoms with Crippen molar-refractivity contribution in [3.05, 3.63) is 66.1 Å². The van der Waals surface area contributed by atoms with Crippen molar-refractivity contribution in [1.29, 1.82) is 0 Å². The van der Waals surface area contributed by atoms with Gasteiger partial charge in [-0.25, -0.2) is 4.99 Å². The summed E-state index contributed by atoms with van der Waals surface area (Å²) < 4.78 is 12.9. The van der Waals surface area contributed by atoms with Crippen LogP contribution in [0, 0.1) is 0 Å². The minimum atomic E-state index is 0. The van der Waals surface area contributed by atoms with Crippen molar-refractivity contribution in [2.24, 2.45) is 4.99 Å². The van der Waals surface area contributed by atoms with Crippen molar-refractivity contribution in [3.63, 3.8) is 0 Å². The smallest absolute Gasteiger partial charge is 0.191 e. The van der Waals surface area contributed by atoms with Gasteiger partial charge in [0.15, 0.2) is 5.96 Å². The van der Waals surface area contributed by atoms with E-state index in [-0.39, 0.29) is 24.0 Å². The fourth-order valence-electron chi connectivity index (χ4n) is 2.99. The molecular formula is C21H29IN6O2. The lowest BCUT2D eigenvalue weighted by Gasteiger charge is -2.14. The summed E-state index contributed by atoms with van der Waals surface area (Å²) in [5, 5.41) is 14.9. The Labute approximate surface area is 194 Å². The molecule has 8 nitrogen and oxygen atoms in total. The predicted molar refractivity (Wildman–Crippen MR) is 127 cm³/mol. The number of para-hydroxylation sites is 1. The number of aliphatic imine (C=N–C) groups is 1. The van der Waals surface area contributed by atoms with Crippen molar-refractivity contribution in [1.82, 2.24) is 25.4 Å². The van der Waals surface area contributed by atoms with Crippen LogP contribution in [0.3, 0.4) is 0 Å². The predicted octanol–water partition coefficient (Wildman–Crippen LogP) is 3.04. The van der Waals surface area contributed by atoms with E-state index in [9.17, 15) is 0 Å². The van der Waals surface area contributed by atoms with Gasteiger partial charge in [-0.05, 0) is 30.2 Å². The molecule has 0 saturated carbocycles. The van der Waals surface area contributed by atoms with E-state index in [2.05, 4.69) is 38.8 Å². The Hall–Kier alpha value is -2.56. The summed E-state index contributed by atoms with van der Waals surface area (Å²) in [6.07, 6.45) is 5.11. The highest BCUT2D eigenvalue weighted by Gasteiger charge is 2.05. The molecule has 2 N–H and O–H groups in total. The highest BCUT2D eigenvalue weighted by molar-refractivity contribution is 14.0. The second kappa shape index (κ2) is 12.9. The first kappa shape index (κ1) is 23.7. The molecule has 1 aromatic carbocycles. The number of halogens is 1. The van der Waals surface area contributed by atoms with E-state index in [0.29, 0.717) is 13.1 Å². The van der Waals surface area contributed by atoms with Crippen molar-refractivity contribution >= 4 is 29.9 Å². The summed E-state index contributed by atoms with van der Waals surface area (Å²) in [7, 11) is 1.69. The largest absolute Gasteiger partial charge is 0.496 e. The Bertz CT molecular complexity index is 895. The number of aromatic nitrogens is 3. The number of ether oxygens (including phenoxy) is 1. The summed E-state index contributed by atoms with van der Waals surface area (Å²) in [4.78, 5) is 4.63. The lowest BCUT2D eigenvalue weighted by Crippen LogP contribution is -2.40. The molecule has 162 valence electrons. The molecule has 2 aromatic heterocycles. The van der Waals surface area contributed by atoms with Gasteiger partial charge in [-0.3, -0.25) is 0 Å². The molecule has 0 spiro atoms. The highest BCUT2D eigenvalue weighted by atomic mass is 127. The van der Waals surface area contributed by atoms with Gasteiger partial charge in [0.1, 0.15) is 30.2 Å². The third-order valence-corrected chi connectivity index (χ3v) is 4.51. The zero-order valence-electron chi connectivity index (χ0n) is 17.4. The quantitative estimate of drug-likeness (QED) is 0.241. The fraction of sp³-hybridized carbons (Fsp3) is 0.381. The first-order valence-corrected chi connectivity index (χ1v) is 9.83. The van der Waals surface area contributed by atoms with Gasteiger partial charge in [0.05, 0.1) is 13.4 Å². The molecule has 30 heavy (non-hydrogen) atoms. The Morgan fingerprint density at radius 2 is 2.00 bits per heavy atom. The van der Waals surface area contributed by atoms with Crippen LogP contribution in [0.1, 0.15) is 24.1 Å². The van der Waals surface area contributed by atoms with Crippen molar-refractivity contribution in [2.75, 3.05) is 20.2 Å². The number of aryl methyl sites for hydroxylation is 1. The Balaban J connectivity index is 0.00000320. The maximum absolute atomic E-state index is 5.43. The molecule has 0 aliphatic heterocycles. The highest BCUT2D eigenvalue weighted by Crippen LogP contribution is 2.17. The van der Waals surface area contributed by atoms with Crippen LogP contribution in [0.25, 0.3) is 0 Å². The molecule has 2 heterocycles. The van der Waals surface area contributed by atoms with Crippen LogP contribution in [0.15, 0.2) is 58.4 Å². The number of rotatable bonds is 10. The van der Waals surface area contributed by atoms with Crippen LogP contribution in [-0.4, -0.2) is 40.9 Å². The molecule has 3 aromatic rings. The zero-order valence-corrected chi connectivity index (χ0v) is 19.7. The molecule has 0 radical (unpaired) electrons. The molecule has 0 saturated heterocycles. The Morgan fingerprint density at radius 3 is 2.77 bits per heavy atom. The first-order chi connectivity index (χ1) is 14.3. The molecule has 0 fully saturated rings. The van der Waals surface area contributed by atoms with Crippen LogP contribution in [0.5, 0.6) is 5.75 Å². The van der Waals surface area contributed by atoms with Crippen LogP contribution in [0.4, 0.5) is 0 Å². The number of guanidine groups is 1. The third kappa shape index (κ3) is 7.05. The zero-order chi connectivity index (χ0) is 20.3. The minimum Gasteiger partial charge on any atom is -0.496 e. The van der Waals surface area contributed by atoms with Gasteiger partial charge < -0.3 is 24.4 Å². The first-order valence-electron chi connectivity index (χ1n) is 9.83. The van der Waals surface area contributed by atoms with Gasteiger partial charge in [-0.2, -0.15) is 0 Å². The SMILES string of the molecule is CCc1nncn1CCNC(=NCc1ccco1)NCCc1ccccc1OC.I. The normalized spacial score (nSPS) is 11.1. The monoisotopic (exact) mass is 524 g/mol. The van der Waals surface area contributed by atoms with E-state index < -0.39 is 0 Å². The maximum Gasteiger partial charge on any atom is 0.191 e. The molecule has 0 aliphatic carbocycles. The van der Waals surface area contributed by atoms with Gasteiger partial charge in [0.25, 0.3) is 0 Å². The number of nitrogens with one attached hydrogen (secondary N) is 2. The summed E-state index contributed by atoms with van der Waals surface area (Å²) in [5.41, 5.74) is 1.16. The van der Waals surface area contributed by atoms with Gasteiger partial charge in [0.2, 0.25) is 0 Å². The van der Waals surface area contributed by atoms with Gasteiger partial charge >= 0.3 is 0 Å². The van der Waals surface area contributed by atoms with Crippen molar-refractivity contribution in [3.8, 4) is 5.75 Å². The van der Waals surface area contributed by atoms with E-state index in [0.717, 1.165) is 54.8 Å². The molecule has 0 atom stereocenters. The van der Waals surface area contributed by atoms with E-state index in [1.807, 2.05) is 34.9 Å². The molecule has 0 amide bonds. The fourth-order valence-corrected chi connectivity index (χ4v) is 2.99. The lowest BCUT2D eigenvalue weighted by atomic mass is 10.1. The molecule has 9 heteroatoms. The van der Waals surface area contributed by atoms with E-state index in [1.165, 1.54) is 0 Å². The topological polar surface area (TPSA) is 89.5 Å². The van der Waals surface area contributed by atoms with Gasteiger partial charge in [-0.1, -0.05) is 25.1 Å². The number of hydrogen-bond donors (Lipinski definition) is 2. The van der Waals surface area contributed by atoms with E-state index in [4.69, 9.17) is 9.15 Å². The molecule has 0 unspecified atom stereocenters. The summed E-state index contributed by atoms with van der Waals surface area (Å²) in [6.45, 7) is 4.76. The van der Waals surface area contributed by atoms with Gasteiger partial charge in [-0.15, -0.1) is 34.2 Å². The van der Waals surface area contributed by atoms with Crippen molar-refractivity contribution in [2.45, 2.75) is 32.9 Å². The Kier molecular flexibility index (Phi) is 10.2. The summed E-state index contributed by atoms with van der Waals surface area (Å²) in [6, 6.07) is 11.8. The third-order valence-electron chi connectivity index (χ3n) is 4.51. The molecular weight excluding hydrogens is 495 g/mol. The second-order valence-electron chi connectivity index (χ2n) is 6.45. The second-order valence-corrected chi connectivity index (χ2v) is 6.45. The van der Waals surface area contributed by atoms with Crippen LogP contribution >= 0.6 is 24.0 Å². The molecule has 0 aliphatic rings. The number of furan rings is 1. The summed E-state index contributed by atoms with van der Waals surface area (Å²) >= 11 is 0.